The van der Waals surface area contributed by atoms with E-state index >= 15 is 0 Å². The molecule has 0 aromatic carbocycles. The van der Waals surface area contributed by atoms with Crippen LogP contribution in [0.2, 0.25) is 0 Å². The minimum Gasteiger partial charge on any atom is -0.464 e. The van der Waals surface area contributed by atoms with E-state index in [0.717, 1.165) is 6.20 Å². The Hall–Kier alpha value is -2.42. The van der Waals surface area contributed by atoms with Gasteiger partial charge in [-0.2, -0.15) is 0 Å². The van der Waals surface area contributed by atoms with Crippen LogP contribution in [0.3, 0.4) is 0 Å². The number of morpholine rings is 1. The molecule has 1 fully saturated rings. The number of carboxylic acid groups (broad SMARTS) is 1. The Labute approximate surface area is 113 Å². The van der Waals surface area contributed by atoms with Gasteiger partial charge in [-0.25, -0.2) is 19.6 Å². The molecule has 0 saturated carbocycles. The van der Waals surface area contributed by atoms with Gasteiger partial charge in [-0.15, -0.1) is 0 Å². The molecule has 9 heteroatoms. The summed E-state index contributed by atoms with van der Waals surface area (Å²) in [5.74, 6) is -1.33. The van der Waals surface area contributed by atoms with E-state index in [2.05, 4.69) is 4.98 Å². The van der Waals surface area contributed by atoms with E-state index in [1.165, 1.54) is 6.07 Å². The molecule has 0 aliphatic carbocycles. The lowest BCUT2D eigenvalue weighted by atomic mass is 10.2. The van der Waals surface area contributed by atoms with E-state index in [0.29, 0.717) is 32.0 Å². The molecule has 1 aliphatic heterocycles. The van der Waals surface area contributed by atoms with E-state index in [9.17, 15) is 14.0 Å². The molecule has 3 N–H and O–H groups in total. The second-order valence-corrected chi connectivity index (χ2v) is 4.00. The zero-order chi connectivity index (χ0) is 14.5. The monoisotopic (exact) mass is 284 g/mol. The van der Waals surface area contributed by atoms with Gasteiger partial charge in [-0.3, -0.25) is 10.2 Å². The summed E-state index contributed by atoms with van der Waals surface area (Å²) >= 11 is 0. The smallest absolute Gasteiger partial charge is 0.423 e. The van der Waals surface area contributed by atoms with Gasteiger partial charge in [0.1, 0.15) is 5.82 Å². The number of hydrazine groups is 1. The van der Waals surface area contributed by atoms with Crippen LogP contribution in [-0.2, 0) is 4.74 Å². The van der Waals surface area contributed by atoms with Crippen molar-refractivity contribution in [3.05, 3.63) is 23.8 Å². The fraction of sp³-hybridized carbons (Fsp3) is 0.364. The third-order valence-corrected chi connectivity index (χ3v) is 2.68. The molecule has 2 heterocycles. The van der Waals surface area contributed by atoms with Crippen molar-refractivity contribution < 1.29 is 23.8 Å². The molecule has 1 saturated heterocycles. The van der Waals surface area contributed by atoms with Crippen molar-refractivity contribution in [3.8, 4) is 0 Å². The number of rotatable bonds is 2. The van der Waals surface area contributed by atoms with Crippen molar-refractivity contribution in [1.29, 1.82) is 0 Å². The van der Waals surface area contributed by atoms with Crippen molar-refractivity contribution in [2.45, 2.75) is 0 Å². The lowest BCUT2D eigenvalue weighted by Gasteiger charge is -2.29. The largest absolute Gasteiger partial charge is 0.464 e. The highest BCUT2D eigenvalue weighted by atomic mass is 19.1. The topological polar surface area (TPSA) is 104 Å². The first-order valence-electron chi connectivity index (χ1n) is 5.85. The van der Waals surface area contributed by atoms with E-state index in [1.807, 2.05) is 5.43 Å². The average molecular weight is 284 g/mol. The summed E-state index contributed by atoms with van der Waals surface area (Å²) in [5.41, 5.74) is 3.94. The molecule has 0 spiro atoms. The molecule has 0 atom stereocenters. The Bertz CT molecular complexity index is 519. The van der Waals surface area contributed by atoms with Gasteiger partial charge in [0.15, 0.2) is 5.69 Å². The molecular weight excluding hydrogens is 271 g/mol. The van der Waals surface area contributed by atoms with Crippen LogP contribution in [0.15, 0.2) is 12.3 Å². The van der Waals surface area contributed by atoms with Crippen molar-refractivity contribution in [2.24, 2.45) is 0 Å². The van der Waals surface area contributed by atoms with Crippen LogP contribution in [-0.4, -0.2) is 48.4 Å². The van der Waals surface area contributed by atoms with Crippen LogP contribution < -0.4 is 15.8 Å². The number of hydrogen-bond donors (Lipinski definition) is 3. The summed E-state index contributed by atoms with van der Waals surface area (Å²) in [7, 11) is 0. The van der Waals surface area contributed by atoms with Gasteiger partial charge >= 0.3 is 6.09 Å². The second kappa shape index (κ2) is 6.15. The zero-order valence-electron chi connectivity index (χ0n) is 10.4. The maximum absolute atomic E-state index is 13.3. The summed E-state index contributed by atoms with van der Waals surface area (Å²) in [4.78, 5) is 27.7. The standard InChI is InChI=1S/C11H13FN4O4/c12-7-5-8(16-1-3-20-4-2-16)9(13-6-7)10(17)14-15-11(18)19/h5-6,15H,1-4H2,(H,14,17)(H,18,19). The predicted molar refractivity (Wildman–Crippen MR) is 65.9 cm³/mol. The number of nitrogens with zero attached hydrogens (tertiary/aromatic N) is 2. The number of hydrogen-bond acceptors (Lipinski definition) is 5. The van der Waals surface area contributed by atoms with Gasteiger partial charge < -0.3 is 14.7 Å². The molecule has 108 valence electrons. The molecule has 8 nitrogen and oxygen atoms in total. The van der Waals surface area contributed by atoms with Crippen LogP contribution in [0.4, 0.5) is 14.9 Å². The number of pyridine rings is 1. The van der Waals surface area contributed by atoms with Gasteiger partial charge in [-0.05, 0) is 0 Å². The number of carbonyl (C=O) groups is 2. The third kappa shape index (κ3) is 3.32. The first kappa shape index (κ1) is 14.0. The van der Waals surface area contributed by atoms with Crippen molar-refractivity contribution in [1.82, 2.24) is 15.8 Å². The third-order valence-electron chi connectivity index (χ3n) is 2.68. The molecule has 2 rings (SSSR count). The number of carbonyl (C=O) groups excluding carboxylic acids is 1. The normalized spacial score (nSPS) is 14.8. The number of anilines is 1. The lowest BCUT2D eigenvalue weighted by Crippen LogP contribution is -2.43. The van der Waals surface area contributed by atoms with Crippen LogP contribution in [0.5, 0.6) is 0 Å². The van der Waals surface area contributed by atoms with Crippen LogP contribution in [0, 0.1) is 5.82 Å². The fourth-order valence-corrected chi connectivity index (χ4v) is 1.82. The lowest BCUT2D eigenvalue weighted by molar-refractivity contribution is 0.0920. The summed E-state index contributed by atoms with van der Waals surface area (Å²) in [6, 6.07) is 1.19. The molecule has 0 bridgehead atoms. The van der Waals surface area contributed by atoms with Gasteiger partial charge in [0.05, 0.1) is 25.1 Å². The quantitative estimate of drug-likeness (QED) is 0.659. The number of aromatic nitrogens is 1. The van der Waals surface area contributed by atoms with E-state index < -0.39 is 17.8 Å². The zero-order valence-corrected chi connectivity index (χ0v) is 10.4. The fourth-order valence-electron chi connectivity index (χ4n) is 1.82. The SMILES string of the molecule is O=C(O)NNC(=O)c1ncc(F)cc1N1CCOCC1. The van der Waals surface area contributed by atoms with Gasteiger partial charge in [0, 0.05) is 19.2 Å². The summed E-state index contributed by atoms with van der Waals surface area (Å²) in [5, 5.41) is 8.44. The number of nitrogens with one attached hydrogen (secondary N) is 2. The maximum atomic E-state index is 13.3. The summed E-state index contributed by atoms with van der Waals surface area (Å²) in [6.07, 6.45) is -0.506. The molecule has 1 aromatic heterocycles. The number of ether oxygens (including phenoxy) is 1. The average Bonchev–Trinajstić information content (AvgIpc) is 2.45. The van der Waals surface area contributed by atoms with Crippen molar-refractivity contribution >= 4 is 17.7 Å². The Balaban J connectivity index is 2.22. The molecular formula is C11H13FN4O4. The highest BCUT2D eigenvalue weighted by molar-refractivity contribution is 5.98. The molecule has 0 radical (unpaired) electrons. The second-order valence-electron chi connectivity index (χ2n) is 4.00. The Morgan fingerprint density at radius 1 is 1.35 bits per heavy atom. The predicted octanol–water partition coefficient (Wildman–Crippen LogP) is -0.0303. The molecule has 20 heavy (non-hydrogen) atoms. The van der Waals surface area contributed by atoms with Crippen LogP contribution >= 0.6 is 0 Å². The van der Waals surface area contributed by atoms with Crippen molar-refractivity contribution in [2.75, 3.05) is 31.2 Å². The molecule has 0 unspecified atom stereocenters. The minimum absolute atomic E-state index is 0.0537. The van der Waals surface area contributed by atoms with Gasteiger partial charge in [-0.1, -0.05) is 0 Å². The van der Waals surface area contributed by atoms with Crippen molar-refractivity contribution in [3.63, 3.8) is 0 Å². The molecule has 1 aromatic rings. The highest BCUT2D eigenvalue weighted by Gasteiger charge is 2.21. The molecule has 1 aliphatic rings. The number of amides is 2. The first-order chi connectivity index (χ1) is 9.58. The minimum atomic E-state index is -1.41. The van der Waals surface area contributed by atoms with Gasteiger partial charge in [0.2, 0.25) is 0 Å². The van der Waals surface area contributed by atoms with E-state index in [1.54, 1.807) is 10.3 Å². The Morgan fingerprint density at radius 3 is 2.70 bits per heavy atom. The van der Waals surface area contributed by atoms with Crippen LogP contribution in [0.25, 0.3) is 0 Å². The maximum Gasteiger partial charge on any atom is 0.423 e. The molecule has 2 amide bonds. The Morgan fingerprint density at radius 2 is 2.05 bits per heavy atom. The summed E-state index contributed by atoms with van der Waals surface area (Å²) < 4.78 is 18.5. The van der Waals surface area contributed by atoms with Crippen LogP contribution in [0.1, 0.15) is 10.5 Å². The van der Waals surface area contributed by atoms with E-state index in [-0.39, 0.29) is 5.69 Å². The van der Waals surface area contributed by atoms with E-state index in [4.69, 9.17) is 9.84 Å². The highest BCUT2D eigenvalue weighted by Crippen LogP contribution is 2.20. The number of halogens is 1. The van der Waals surface area contributed by atoms with Gasteiger partial charge in [0.25, 0.3) is 5.91 Å². The summed E-state index contributed by atoms with van der Waals surface area (Å²) in [6.45, 7) is 1.92. The first-order valence-corrected chi connectivity index (χ1v) is 5.85. The Kier molecular flexibility index (Phi) is 4.31.